The molecule has 4 aliphatic rings. The lowest BCUT2D eigenvalue weighted by molar-refractivity contribution is -0.175. The molecule has 0 aromatic heterocycles. The van der Waals surface area contributed by atoms with Crippen LogP contribution in [-0.4, -0.2) is 65.9 Å². The number of hydrogen-bond donors (Lipinski definition) is 3. The summed E-state index contributed by atoms with van der Waals surface area (Å²) < 4.78 is 39.0. The number of halogens is 3. The molecule has 198 valence electrons. The van der Waals surface area contributed by atoms with Crippen molar-refractivity contribution in [2.24, 2.45) is 23.2 Å². The van der Waals surface area contributed by atoms with Crippen molar-refractivity contribution in [1.82, 2.24) is 20.9 Å². The van der Waals surface area contributed by atoms with Crippen LogP contribution >= 0.6 is 0 Å². The van der Waals surface area contributed by atoms with Gasteiger partial charge in [0.15, 0.2) is 0 Å². The third kappa shape index (κ3) is 5.30. The zero-order valence-electron chi connectivity index (χ0n) is 20.2. The minimum absolute atomic E-state index is 0.0281. The average molecular weight is 512 g/mol. The van der Waals surface area contributed by atoms with Gasteiger partial charge in [-0.3, -0.25) is 19.2 Å². The SMILES string of the molecule is CC1([C@H](NC(=O)C(F)(F)F)C(=O)N2C[C@@H]3CCC[C@@H]3[C@H]2C(=O)N[C@H](C#N)C[C@@H]2CCCNC2=O)CC1. The van der Waals surface area contributed by atoms with Crippen LogP contribution in [0.5, 0.6) is 0 Å². The summed E-state index contributed by atoms with van der Waals surface area (Å²) in [5.41, 5.74) is -0.805. The molecule has 2 saturated carbocycles. The first-order chi connectivity index (χ1) is 16.9. The Kier molecular flexibility index (Phi) is 7.21. The number of fused-ring (bicyclic) bond motifs is 1. The Morgan fingerprint density at radius 2 is 1.92 bits per heavy atom. The van der Waals surface area contributed by atoms with Crippen LogP contribution in [0, 0.1) is 34.5 Å². The second-order valence-electron chi connectivity index (χ2n) is 10.9. The van der Waals surface area contributed by atoms with E-state index in [9.17, 15) is 37.6 Å². The van der Waals surface area contributed by atoms with Crippen LogP contribution in [0.3, 0.4) is 0 Å². The number of rotatable bonds is 7. The van der Waals surface area contributed by atoms with E-state index < -0.39 is 53.4 Å². The largest absolute Gasteiger partial charge is 0.471 e. The summed E-state index contributed by atoms with van der Waals surface area (Å²) in [6.07, 6.45) is -0.281. The number of likely N-dealkylation sites (tertiary alicyclic amines) is 1. The molecule has 0 unspecified atom stereocenters. The molecule has 2 saturated heterocycles. The number of alkyl halides is 3. The van der Waals surface area contributed by atoms with Crippen molar-refractivity contribution in [2.75, 3.05) is 13.1 Å². The maximum Gasteiger partial charge on any atom is 0.471 e. The van der Waals surface area contributed by atoms with Crippen LogP contribution in [0.1, 0.15) is 58.3 Å². The van der Waals surface area contributed by atoms with E-state index in [-0.39, 0.29) is 30.7 Å². The Morgan fingerprint density at radius 3 is 2.53 bits per heavy atom. The molecule has 4 rings (SSSR count). The number of nitrogens with zero attached hydrogens (tertiary/aromatic N) is 2. The molecule has 0 aromatic rings. The van der Waals surface area contributed by atoms with E-state index >= 15 is 0 Å². The van der Waals surface area contributed by atoms with Gasteiger partial charge in [0.25, 0.3) is 0 Å². The molecule has 36 heavy (non-hydrogen) atoms. The summed E-state index contributed by atoms with van der Waals surface area (Å²) >= 11 is 0. The third-order valence-electron chi connectivity index (χ3n) is 8.35. The van der Waals surface area contributed by atoms with Crippen molar-refractivity contribution in [3.8, 4) is 6.07 Å². The monoisotopic (exact) mass is 511 g/mol. The minimum Gasteiger partial charge on any atom is -0.356 e. The van der Waals surface area contributed by atoms with Crippen LogP contribution in [0.4, 0.5) is 13.2 Å². The first-order valence-electron chi connectivity index (χ1n) is 12.6. The van der Waals surface area contributed by atoms with E-state index in [1.807, 2.05) is 11.4 Å². The van der Waals surface area contributed by atoms with Crippen LogP contribution in [-0.2, 0) is 19.2 Å². The first kappa shape index (κ1) is 26.2. The van der Waals surface area contributed by atoms with Gasteiger partial charge in [-0.05, 0) is 62.2 Å². The molecule has 0 aromatic carbocycles. The molecule has 2 aliphatic heterocycles. The number of carbonyl (C=O) groups excluding carboxylic acids is 4. The van der Waals surface area contributed by atoms with Gasteiger partial charge in [-0.25, -0.2) is 0 Å². The highest BCUT2D eigenvalue weighted by atomic mass is 19.4. The minimum atomic E-state index is -5.13. The van der Waals surface area contributed by atoms with Crippen LogP contribution in [0.2, 0.25) is 0 Å². The van der Waals surface area contributed by atoms with Crippen LogP contribution in [0.25, 0.3) is 0 Å². The van der Waals surface area contributed by atoms with E-state index in [1.54, 1.807) is 6.92 Å². The van der Waals surface area contributed by atoms with Gasteiger partial charge in [0.1, 0.15) is 18.1 Å². The summed E-state index contributed by atoms with van der Waals surface area (Å²) in [7, 11) is 0. The van der Waals surface area contributed by atoms with Crippen LogP contribution in [0.15, 0.2) is 0 Å². The molecule has 0 spiro atoms. The number of nitrogens with one attached hydrogen (secondary N) is 3. The standard InChI is InChI=1S/C24H32F3N5O4/c1-23(7-8-23)18(31-22(36)24(25,26)27)21(35)32-12-14-4-2-6-16(14)17(32)20(34)30-15(11-28)10-13-5-3-9-29-19(13)33/h13-18H,2-10,12H2,1H3,(H,29,33)(H,30,34)(H,31,36)/t13-,14-,15-,16-,17-,18+/m0/s1. The summed E-state index contributed by atoms with van der Waals surface area (Å²) in [5.74, 6) is -4.11. The second kappa shape index (κ2) is 9.90. The normalized spacial score (nSPS) is 30.4. The molecule has 9 nitrogen and oxygen atoms in total. The predicted octanol–water partition coefficient (Wildman–Crippen LogP) is 1.39. The van der Waals surface area contributed by atoms with Crippen molar-refractivity contribution in [3.05, 3.63) is 0 Å². The summed E-state index contributed by atoms with van der Waals surface area (Å²) in [6, 6.07) is -1.24. The molecule has 0 bridgehead atoms. The van der Waals surface area contributed by atoms with Gasteiger partial charge in [0.2, 0.25) is 17.7 Å². The Hall–Kier alpha value is -2.84. The van der Waals surface area contributed by atoms with Gasteiger partial charge < -0.3 is 20.9 Å². The number of amides is 4. The summed E-state index contributed by atoms with van der Waals surface area (Å²) in [4.78, 5) is 52.2. The zero-order valence-corrected chi connectivity index (χ0v) is 20.2. The number of carbonyl (C=O) groups is 4. The van der Waals surface area contributed by atoms with E-state index in [2.05, 4.69) is 10.6 Å². The highest BCUT2D eigenvalue weighted by molar-refractivity contribution is 5.94. The fourth-order valence-electron chi connectivity index (χ4n) is 6.01. The Morgan fingerprint density at radius 1 is 1.19 bits per heavy atom. The van der Waals surface area contributed by atoms with Gasteiger partial charge in [0, 0.05) is 19.0 Å². The quantitative estimate of drug-likeness (QED) is 0.475. The molecule has 4 fully saturated rings. The van der Waals surface area contributed by atoms with Crippen molar-refractivity contribution in [3.63, 3.8) is 0 Å². The number of piperidine rings is 1. The van der Waals surface area contributed by atoms with Gasteiger partial charge in [-0.1, -0.05) is 13.3 Å². The van der Waals surface area contributed by atoms with Crippen molar-refractivity contribution < 1.29 is 32.3 Å². The summed E-state index contributed by atoms with van der Waals surface area (Å²) in [6.45, 7) is 2.45. The molecule has 6 atom stereocenters. The number of hydrogen-bond acceptors (Lipinski definition) is 5. The molecular weight excluding hydrogens is 479 g/mol. The van der Waals surface area contributed by atoms with Crippen molar-refractivity contribution >= 4 is 23.6 Å². The van der Waals surface area contributed by atoms with E-state index in [4.69, 9.17) is 0 Å². The molecule has 2 aliphatic carbocycles. The van der Waals surface area contributed by atoms with Gasteiger partial charge >= 0.3 is 12.1 Å². The smallest absolute Gasteiger partial charge is 0.356 e. The fourth-order valence-corrected chi connectivity index (χ4v) is 6.01. The lowest BCUT2D eigenvalue weighted by Gasteiger charge is -2.33. The van der Waals surface area contributed by atoms with Crippen LogP contribution < -0.4 is 16.0 Å². The average Bonchev–Trinajstić information content (AvgIpc) is 3.24. The molecule has 0 radical (unpaired) electrons. The van der Waals surface area contributed by atoms with Gasteiger partial charge in [0.05, 0.1) is 6.07 Å². The Labute approximate surface area is 207 Å². The maximum atomic E-state index is 13.6. The fraction of sp³-hybridized carbons (Fsp3) is 0.792. The third-order valence-corrected chi connectivity index (χ3v) is 8.35. The predicted molar refractivity (Wildman–Crippen MR) is 120 cm³/mol. The molecular formula is C24H32F3N5O4. The highest BCUT2D eigenvalue weighted by Crippen LogP contribution is 2.50. The van der Waals surface area contributed by atoms with E-state index in [0.717, 1.165) is 19.3 Å². The van der Waals surface area contributed by atoms with Gasteiger partial charge in [-0.2, -0.15) is 18.4 Å². The van der Waals surface area contributed by atoms with Crippen molar-refractivity contribution in [2.45, 2.75) is 82.6 Å². The number of nitriles is 1. The zero-order chi connectivity index (χ0) is 26.3. The maximum absolute atomic E-state index is 13.6. The highest BCUT2D eigenvalue weighted by Gasteiger charge is 2.57. The Bertz CT molecular complexity index is 960. The molecule has 4 amide bonds. The molecule has 3 N–H and O–H groups in total. The second-order valence-corrected chi connectivity index (χ2v) is 10.9. The van der Waals surface area contributed by atoms with E-state index in [1.165, 1.54) is 4.90 Å². The lowest BCUT2D eigenvalue weighted by atomic mass is 9.90. The van der Waals surface area contributed by atoms with Gasteiger partial charge in [-0.15, -0.1) is 0 Å². The summed E-state index contributed by atoms with van der Waals surface area (Å²) in [5, 5.41) is 17.0. The molecule has 12 heteroatoms. The topological polar surface area (TPSA) is 131 Å². The molecule has 2 heterocycles. The van der Waals surface area contributed by atoms with E-state index in [0.29, 0.717) is 32.2 Å². The lowest BCUT2D eigenvalue weighted by Crippen LogP contribution is -2.59. The first-order valence-corrected chi connectivity index (χ1v) is 12.6. The Balaban J connectivity index is 1.51. The van der Waals surface area contributed by atoms with Crippen molar-refractivity contribution in [1.29, 1.82) is 5.26 Å².